The van der Waals surface area contributed by atoms with Crippen LogP contribution in [0.1, 0.15) is 40.0 Å². The number of carbonyl (C=O) groups excluding carboxylic acids is 1. The molecule has 1 fully saturated rings. The summed E-state index contributed by atoms with van der Waals surface area (Å²) in [4.78, 5) is 20.2. The molecule has 7 nitrogen and oxygen atoms in total. The summed E-state index contributed by atoms with van der Waals surface area (Å²) in [6, 6.07) is 0.347. The van der Waals surface area contributed by atoms with Crippen molar-refractivity contribution in [3.05, 3.63) is 0 Å². The number of ether oxygens (including phenoxy) is 1. The van der Waals surface area contributed by atoms with Crippen LogP contribution in [0.3, 0.4) is 0 Å². The molecule has 1 rings (SSSR count). The summed E-state index contributed by atoms with van der Waals surface area (Å²) in [7, 11) is 1.80. The number of hydrogen-bond acceptors (Lipinski definition) is 4. The molecule has 1 aliphatic heterocycles. The lowest BCUT2D eigenvalue weighted by Crippen LogP contribution is -2.50. The Labute approximate surface area is 170 Å². The van der Waals surface area contributed by atoms with Crippen LogP contribution < -0.4 is 10.6 Å². The Kier molecular flexibility index (Phi) is 14.0. The van der Waals surface area contributed by atoms with Crippen molar-refractivity contribution in [2.45, 2.75) is 46.1 Å². The van der Waals surface area contributed by atoms with Gasteiger partial charge in [-0.2, -0.15) is 0 Å². The first kappa shape index (κ1) is 24.2. The molecule has 25 heavy (non-hydrogen) atoms. The summed E-state index contributed by atoms with van der Waals surface area (Å²) in [5, 5.41) is 6.85. The highest BCUT2D eigenvalue weighted by molar-refractivity contribution is 14.0. The molecule has 0 radical (unpaired) electrons. The van der Waals surface area contributed by atoms with Gasteiger partial charge in [0, 0.05) is 39.3 Å². The van der Waals surface area contributed by atoms with Gasteiger partial charge < -0.3 is 25.2 Å². The highest BCUT2D eigenvalue weighted by Crippen LogP contribution is 2.11. The first-order chi connectivity index (χ1) is 11.6. The zero-order valence-corrected chi connectivity index (χ0v) is 18.5. The van der Waals surface area contributed by atoms with E-state index in [0.29, 0.717) is 12.6 Å². The summed E-state index contributed by atoms with van der Waals surface area (Å²) in [6.45, 7) is 12.2. The normalized spacial score (nSPS) is 15.7. The van der Waals surface area contributed by atoms with Gasteiger partial charge in [-0.25, -0.2) is 4.79 Å². The van der Waals surface area contributed by atoms with Crippen molar-refractivity contribution in [3.8, 4) is 0 Å². The molecule has 0 aromatic rings. The van der Waals surface area contributed by atoms with Crippen LogP contribution in [0.15, 0.2) is 4.99 Å². The highest BCUT2D eigenvalue weighted by atomic mass is 127. The summed E-state index contributed by atoms with van der Waals surface area (Å²) in [5.41, 5.74) is 0. The van der Waals surface area contributed by atoms with Gasteiger partial charge in [-0.3, -0.25) is 4.99 Å². The second kappa shape index (κ2) is 14.4. The topological polar surface area (TPSA) is 69.2 Å². The molecular formula is C17H36IN5O2. The number of nitrogens with one attached hydrogen (secondary N) is 2. The largest absolute Gasteiger partial charge is 0.450 e. The fourth-order valence-corrected chi connectivity index (χ4v) is 2.89. The third-order valence-electron chi connectivity index (χ3n) is 4.29. The molecule has 0 bridgehead atoms. The first-order valence-corrected chi connectivity index (χ1v) is 9.25. The van der Waals surface area contributed by atoms with Crippen LogP contribution >= 0.6 is 24.0 Å². The highest BCUT2D eigenvalue weighted by Gasteiger charge is 2.23. The summed E-state index contributed by atoms with van der Waals surface area (Å²) in [6.07, 6.45) is 2.81. The molecule has 1 saturated heterocycles. The van der Waals surface area contributed by atoms with E-state index in [1.165, 1.54) is 6.42 Å². The molecule has 0 saturated carbocycles. The minimum atomic E-state index is -0.200. The smallest absolute Gasteiger partial charge is 0.409 e. The second-order valence-corrected chi connectivity index (χ2v) is 6.04. The number of likely N-dealkylation sites (tertiary alicyclic amines) is 1. The summed E-state index contributed by atoms with van der Waals surface area (Å²) < 4.78 is 5.05. The van der Waals surface area contributed by atoms with E-state index in [4.69, 9.17) is 4.74 Å². The van der Waals surface area contributed by atoms with Gasteiger partial charge in [0.2, 0.25) is 0 Å². The molecule has 0 spiro atoms. The molecule has 0 unspecified atom stereocenters. The molecule has 8 heteroatoms. The Balaban J connectivity index is 0.00000576. The number of rotatable bonds is 8. The Morgan fingerprint density at radius 3 is 2.44 bits per heavy atom. The molecule has 0 aliphatic carbocycles. The minimum absolute atomic E-state index is 0. The predicted molar refractivity (Wildman–Crippen MR) is 114 cm³/mol. The van der Waals surface area contributed by atoms with Crippen LogP contribution in [0.5, 0.6) is 0 Å². The standard InChI is InChI=1S/C17H35N5O2.HI/c1-5-11-21(6-2)14-10-19-16(18-4)20-15-8-12-22(13-9-15)17(23)24-7-3;/h15H,5-14H2,1-4H3,(H2,18,19,20);1H. The molecular weight excluding hydrogens is 433 g/mol. The molecule has 1 amide bonds. The summed E-state index contributed by atoms with van der Waals surface area (Å²) >= 11 is 0. The van der Waals surface area contributed by atoms with Gasteiger partial charge in [0.1, 0.15) is 0 Å². The first-order valence-electron chi connectivity index (χ1n) is 9.25. The molecule has 0 aromatic heterocycles. The number of amides is 1. The predicted octanol–water partition coefficient (Wildman–Crippen LogP) is 2.12. The fraction of sp³-hybridized carbons (Fsp3) is 0.882. The van der Waals surface area contributed by atoms with Crippen LogP contribution in [0.4, 0.5) is 4.79 Å². The van der Waals surface area contributed by atoms with Crippen molar-refractivity contribution >= 4 is 36.0 Å². The van der Waals surface area contributed by atoms with E-state index in [1.807, 2.05) is 6.92 Å². The molecule has 0 atom stereocenters. The van der Waals surface area contributed by atoms with Gasteiger partial charge in [0.15, 0.2) is 5.96 Å². The Bertz CT molecular complexity index is 387. The van der Waals surface area contributed by atoms with E-state index >= 15 is 0 Å². The zero-order valence-electron chi connectivity index (χ0n) is 16.2. The molecule has 2 N–H and O–H groups in total. The molecule has 1 heterocycles. The molecule has 0 aromatic carbocycles. The van der Waals surface area contributed by atoms with Crippen molar-refractivity contribution in [1.29, 1.82) is 0 Å². The quantitative estimate of drug-likeness (QED) is 0.324. The van der Waals surface area contributed by atoms with Crippen LogP contribution in [0.2, 0.25) is 0 Å². The average Bonchev–Trinajstić information content (AvgIpc) is 2.60. The Hall–Kier alpha value is -0.770. The fourth-order valence-electron chi connectivity index (χ4n) is 2.89. The van der Waals surface area contributed by atoms with E-state index in [-0.39, 0.29) is 30.1 Å². The van der Waals surface area contributed by atoms with Crippen molar-refractivity contribution in [1.82, 2.24) is 20.4 Å². The van der Waals surface area contributed by atoms with Crippen LogP contribution in [0.25, 0.3) is 0 Å². The van der Waals surface area contributed by atoms with Crippen molar-refractivity contribution in [3.63, 3.8) is 0 Å². The van der Waals surface area contributed by atoms with Crippen LogP contribution in [-0.4, -0.2) is 80.8 Å². The lowest BCUT2D eigenvalue weighted by atomic mass is 10.1. The van der Waals surface area contributed by atoms with Crippen LogP contribution in [0, 0.1) is 0 Å². The third-order valence-corrected chi connectivity index (χ3v) is 4.29. The molecule has 148 valence electrons. The number of nitrogens with zero attached hydrogens (tertiary/aromatic N) is 3. The van der Waals surface area contributed by atoms with E-state index in [0.717, 1.165) is 58.1 Å². The number of piperidine rings is 1. The van der Waals surface area contributed by atoms with Gasteiger partial charge in [-0.15, -0.1) is 24.0 Å². The Morgan fingerprint density at radius 2 is 1.92 bits per heavy atom. The van der Waals surface area contributed by atoms with Crippen molar-refractivity contribution < 1.29 is 9.53 Å². The maximum absolute atomic E-state index is 11.7. The third kappa shape index (κ3) is 9.48. The Morgan fingerprint density at radius 1 is 1.24 bits per heavy atom. The van der Waals surface area contributed by atoms with E-state index in [9.17, 15) is 4.79 Å². The number of hydrogen-bond donors (Lipinski definition) is 2. The second-order valence-electron chi connectivity index (χ2n) is 6.04. The number of aliphatic imine (C=N–C) groups is 1. The van der Waals surface area contributed by atoms with Crippen LogP contribution in [-0.2, 0) is 4.74 Å². The maximum Gasteiger partial charge on any atom is 0.409 e. The number of guanidine groups is 1. The van der Waals surface area contributed by atoms with Gasteiger partial charge >= 0.3 is 6.09 Å². The lowest BCUT2D eigenvalue weighted by Gasteiger charge is -2.32. The van der Waals surface area contributed by atoms with E-state index in [2.05, 4.69) is 34.4 Å². The lowest BCUT2D eigenvalue weighted by molar-refractivity contribution is 0.0963. The SMILES string of the molecule is CCCN(CC)CCNC(=NC)NC1CCN(C(=O)OCC)CC1.I. The van der Waals surface area contributed by atoms with Gasteiger partial charge in [-0.05, 0) is 39.3 Å². The maximum atomic E-state index is 11.7. The molecule has 1 aliphatic rings. The van der Waals surface area contributed by atoms with Crippen molar-refractivity contribution in [2.75, 3.05) is 52.9 Å². The zero-order chi connectivity index (χ0) is 17.8. The number of halogens is 1. The van der Waals surface area contributed by atoms with Gasteiger partial charge in [0.25, 0.3) is 0 Å². The van der Waals surface area contributed by atoms with E-state index < -0.39 is 0 Å². The minimum Gasteiger partial charge on any atom is -0.450 e. The number of likely N-dealkylation sites (N-methyl/N-ethyl adjacent to an activating group) is 1. The van der Waals surface area contributed by atoms with E-state index in [1.54, 1.807) is 11.9 Å². The van der Waals surface area contributed by atoms with Gasteiger partial charge in [0.05, 0.1) is 6.61 Å². The van der Waals surface area contributed by atoms with Gasteiger partial charge in [-0.1, -0.05) is 13.8 Å². The average molecular weight is 469 g/mol. The number of carbonyl (C=O) groups is 1. The van der Waals surface area contributed by atoms with Crippen molar-refractivity contribution in [2.24, 2.45) is 4.99 Å². The monoisotopic (exact) mass is 469 g/mol. The summed E-state index contributed by atoms with van der Waals surface area (Å²) in [5.74, 6) is 0.845.